The largest absolute Gasteiger partial charge is 0.343 e. The van der Waals surface area contributed by atoms with Gasteiger partial charge in [0, 0.05) is 38.4 Å². The Morgan fingerprint density at radius 3 is 2.62 bits per heavy atom. The summed E-state index contributed by atoms with van der Waals surface area (Å²) in [5.74, 6) is 0.519. The molecule has 2 aromatic rings. The van der Waals surface area contributed by atoms with Crippen LogP contribution in [0.15, 0.2) is 22.7 Å². The maximum atomic E-state index is 12.6. The molecule has 3 amide bonds. The van der Waals surface area contributed by atoms with E-state index < -0.39 is 5.54 Å². The highest BCUT2D eigenvalue weighted by atomic mass is 35.5. The molecule has 0 atom stereocenters. The highest BCUT2D eigenvalue weighted by molar-refractivity contribution is 6.33. The minimum atomic E-state index is -0.618. The fraction of sp³-hybridized carbons (Fsp3) is 0.542. The topological polar surface area (TPSA) is 117 Å². The molecule has 34 heavy (non-hydrogen) atoms. The van der Waals surface area contributed by atoms with Crippen LogP contribution in [-0.2, 0) is 26.3 Å². The Morgan fingerprint density at radius 2 is 1.94 bits per heavy atom. The standard InChI is InChI=1S/C24H30ClN5O4/c1-16(31)28-24(12-4-2-3-5-13-24)23-27-21(34-29-23)11-10-20(32)26-19-15-17(8-9-18(19)25)30-14-6-7-22(30)33/h8-9,15H,2-7,10-14H2,1H3,(H,26,32)(H,28,31). The normalized spacial score (nSPS) is 17.9. The van der Waals surface area contributed by atoms with E-state index in [0.29, 0.717) is 35.4 Å². The molecule has 0 spiro atoms. The van der Waals surface area contributed by atoms with Gasteiger partial charge in [0.05, 0.1) is 10.7 Å². The van der Waals surface area contributed by atoms with Gasteiger partial charge in [-0.2, -0.15) is 4.98 Å². The second-order valence-electron chi connectivity index (χ2n) is 9.05. The molecule has 9 nitrogen and oxygen atoms in total. The van der Waals surface area contributed by atoms with Crippen LogP contribution in [0.25, 0.3) is 0 Å². The Balaban J connectivity index is 1.39. The van der Waals surface area contributed by atoms with Crippen LogP contribution in [0.5, 0.6) is 0 Å². The smallest absolute Gasteiger partial charge is 0.227 e. The molecule has 1 aliphatic heterocycles. The summed E-state index contributed by atoms with van der Waals surface area (Å²) >= 11 is 6.27. The van der Waals surface area contributed by atoms with Crippen molar-refractivity contribution in [2.45, 2.75) is 76.7 Å². The highest BCUT2D eigenvalue weighted by Crippen LogP contribution is 2.35. The average molecular weight is 488 g/mol. The number of nitrogens with one attached hydrogen (secondary N) is 2. The molecule has 0 unspecified atom stereocenters. The third-order valence-electron chi connectivity index (χ3n) is 6.44. The molecule has 1 aromatic carbocycles. The van der Waals surface area contributed by atoms with E-state index in [1.165, 1.54) is 6.92 Å². The third-order valence-corrected chi connectivity index (χ3v) is 6.77. The van der Waals surface area contributed by atoms with Crippen LogP contribution in [0.3, 0.4) is 0 Å². The van der Waals surface area contributed by atoms with Gasteiger partial charge in [0.2, 0.25) is 23.6 Å². The molecule has 4 rings (SSSR count). The predicted molar refractivity (Wildman–Crippen MR) is 127 cm³/mol. The Kier molecular flexibility index (Phi) is 7.50. The van der Waals surface area contributed by atoms with Gasteiger partial charge in [-0.05, 0) is 37.5 Å². The van der Waals surface area contributed by atoms with Crippen molar-refractivity contribution in [1.82, 2.24) is 15.5 Å². The zero-order chi connectivity index (χ0) is 24.1. The summed E-state index contributed by atoms with van der Waals surface area (Å²) in [6.07, 6.45) is 7.45. The number of nitrogens with zero attached hydrogens (tertiary/aromatic N) is 3. The molecule has 1 saturated heterocycles. The zero-order valence-electron chi connectivity index (χ0n) is 19.4. The van der Waals surface area contributed by atoms with Crippen molar-refractivity contribution in [3.05, 3.63) is 34.9 Å². The summed E-state index contributed by atoms with van der Waals surface area (Å²) < 4.78 is 5.43. The van der Waals surface area contributed by atoms with E-state index in [4.69, 9.17) is 16.1 Å². The maximum Gasteiger partial charge on any atom is 0.227 e. The molecule has 182 valence electrons. The number of aromatic nitrogens is 2. The summed E-state index contributed by atoms with van der Waals surface area (Å²) in [6.45, 7) is 2.16. The third kappa shape index (κ3) is 5.58. The number of hydrogen-bond acceptors (Lipinski definition) is 6. The number of hydrogen-bond donors (Lipinski definition) is 2. The van der Waals surface area contributed by atoms with Crippen LogP contribution in [0, 0.1) is 0 Å². The predicted octanol–water partition coefficient (Wildman–Crippen LogP) is 4.11. The lowest BCUT2D eigenvalue weighted by Gasteiger charge is -2.30. The number of aryl methyl sites for hydroxylation is 1. The Bertz CT molecular complexity index is 1060. The van der Waals surface area contributed by atoms with Crippen LogP contribution < -0.4 is 15.5 Å². The van der Waals surface area contributed by atoms with Crippen molar-refractivity contribution in [3.63, 3.8) is 0 Å². The van der Waals surface area contributed by atoms with Crippen molar-refractivity contribution < 1.29 is 18.9 Å². The number of anilines is 2. The average Bonchev–Trinajstić information content (AvgIpc) is 3.39. The van der Waals surface area contributed by atoms with E-state index in [2.05, 4.69) is 20.8 Å². The van der Waals surface area contributed by atoms with Gasteiger partial charge in [-0.1, -0.05) is 42.4 Å². The Morgan fingerprint density at radius 1 is 1.18 bits per heavy atom. The van der Waals surface area contributed by atoms with Gasteiger partial charge in [0.25, 0.3) is 0 Å². The summed E-state index contributed by atoms with van der Waals surface area (Å²) in [6, 6.07) is 5.17. The van der Waals surface area contributed by atoms with Crippen molar-refractivity contribution >= 4 is 40.7 Å². The van der Waals surface area contributed by atoms with E-state index in [1.807, 2.05) is 0 Å². The van der Waals surface area contributed by atoms with Crippen molar-refractivity contribution in [3.8, 4) is 0 Å². The summed E-state index contributed by atoms with van der Waals surface area (Å²) in [5, 5.41) is 10.4. The SMILES string of the molecule is CC(=O)NC1(c2noc(CCC(=O)Nc3cc(N4CCCC4=O)ccc3Cl)n2)CCCCCC1. The summed E-state index contributed by atoms with van der Waals surface area (Å²) in [7, 11) is 0. The van der Waals surface area contributed by atoms with Crippen molar-refractivity contribution in [2.75, 3.05) is 16.8 Å². The molecular weight excluding hydrogens is 458 g/mol. The van der Waals surface area contributed by atoms with Crippen molar-refractivity contribution in [1.29, 1.82) is 0 Å². The maximum absolute atomic E-state index is 12.6. The van der Waals surface area contributed by atoms with Gasteiger partial charge >= 0.3 is 0 Å². The van der Waals surface area contributed by atoms with E-state index in [0.717, 1.165) is 50.6 Å². The minimum Gasteiger partial charge on any atom is -0.343 e. The van der Waals surface area contributed by atoms with Crippen LogP contribution in [-0.4, -0.2) is 34.4 Å². The number of benzene rings is 1. The van der Waals surface area contributed by atoms with Gasteiger partial charge in [-0.25, -0.2) is 0 Å². The first-order valence-electron chi connectivity index (χ1n) is 11.9. The van der Waals surface area contributed by atoms with Gasteiger partial charge in [0.15, 0.2) is 5.82 Å². The minimum absolute atomic E-state index is 0.0671. The van der Waals surface area contributed by atoms with Gasteiger partial charge in [-0.3, -0.25) is 14.4 Å². The molecule has 2 N–H and O–H groups in total. The van der Waals surface area contributed by atoms with Crippen molar-refractivity contribution in [2.24, 2.45) is 0 Å². The molecule has 10 heteroatoms. The quantitative estimate of drug-likeness (QED) is 0.567. The zero-order valence-corrected chi connectivity index (χ0v) is 20.1. The number of rotatable bonds is 7. The lowest BCUT2D eigenvalue weighted by molar-refractivity contribution is -0.121. The molecule has 1 aliphatic carbocycles. The van der Waals surface area contributed by atoms with E-state index >= 15 is 0 Å². The fourth-order valence-corrected chi connectivity index (χ4v) is 4.92. The molecule has 1 saturated carbocycles. The molecule has 0 radical (unpaired) electrons. The van der Waals surface area contributed by atoms with Gasteiger partial charge in [0.1, 0.15) is 5.54 Å². The lowest BCUT2D eigenvalue weighted by Crippen LogP contribution is -2.45. The van der Waals surface area contributed by atoms with Crippen LogP contribution in [0.2, 0.25) is 5.02 Å². The number of carbonyl (C=O) groups excluding carboxylic acids is 3. The molecule has 1 aromatic heterocycles. The fourth-order valence-electron chi connectivity index (χ4n) is 4.76. The van der Waals surface area contributed by atoms with E-state index in [-0.39, 0.29) is 30.6 Å². The summed E-state index contributed by atoms with van der Waals surface area (Å²) in [5.41, 5.74) is 0.557. The molecule has 0 bridgehead atoms. The van der Waals surface area contributed by atoms with Crippen LogP contribution in [0.4, 0.5) is 11.4 Å². The monoisotopic (exact) mass is 487 g/mol. The van der Waals surface area contributed by atoms with E-state index in [1.54, 1.807) is 23.1 Å². The molecule has 2 heterocycles. The molecular formula is C24H30ClN5O4. The Hall–Kier alpha value is -2.94. The first-order valence-corrected chi connectivity index (χ1v) is 12.3. The summed E-state index contributed by atoms with van der Waals surface area (Å²) in [4.78, 5) is 42.7. The second kappa shape index (κ2) is 10.5. The first kappa shape index (κ1) is 24.2. The highest BCUT2D eigenvalue weighted by Gasteiger charge is 2.38. The molecule has 2 aliphatic rings. The number of carbonyl (C=O) groups is 3. The Labute approximate surface area is 203 Å². The van der Waals surface area contributed by atoms with Gasteiger partial charge < -0.3 is 20.1 Å². The number of halogens is 1. The second-order valence-corrected chi connectivity index (χ2v) is 9.46. The van der Waals surface area contributed by atoms with E-state index in [9.17, 15) is 14.4 Å². The first-order chi connectivity index (χ1) is 16.4. The molecule has 2 fully saturated rings. The van der Waals surface area contributed by atoms with Crippen LogP contribution in [0.1, 0.15) is 76.4 Å². The van der Waals surface area contributed by atoms with Crippen LogP contribution >= 0.6 is 11.6 Å². The lowest BCUT2D eigenvalue weighted by atomic mass is 9.89. The van der Waals surface area contributed by atoms with Gasteiger partial charge in [-0.15, -0.1) is 0 Å². The number of amides is 3.